The molecule has 2 saturated heterocycles. The molecular weight excluding hydrogens is 732 g/mol. The van der Waals surface area contributed by atoms with Crippen molar-refractivity contribution in [3.8, 4) is 23.0 Å². The maximum atomic E-state index is 13.5. The Labute approximate surface area is 302 Å². The number of amides is 2. The number of fused-ring (bicyclic) bond motifs is 1. The van der Waals surface area contributed by atoms with E-state index in [0.717, 1.165) is 29.1 Å². The third-order valence-electron chi connectivity index (χ3n) is 8.69. The number of nitrogens with zero attached hydrogens (tertiary/aromatic N) is 6. The fourth-order valence-electron chi connectivity index (χ4n) is 6.02. The second-order valence-corrected chi connectivity index (χ2v) is 15.0. The van der Waals surface area contributed by atoms with Gasteiger partial charge >= 0.3 is 5.97 Å². The molecule has 2 aromatic heterocycles. The van der Waals surface area contributed by atoms with Gasteiger partial charge in [-0.1, -0.05) is 16.8 Å². The summed E-state index contributed by atoms with van der Waals surface area (Å²) in [7, 11) is 0. The number of carboxylic acid groups (broad SMARTS) is 2. The van der Waals surface area contributed by atoms with Gasteiger partial charge in [-0.15, -0.1) is 33.3 Å². The molecule has 18 nitrogen and oxygen atoms in total. The lowest BCUT2D eigenvalue weighted by Crippen LogP contribution is -2.71. The van der Waals surface area contributed by atoms with Crippen LogP contribution in [-0.2, 0) is 30.6 Å². The molecule has 1 aromatic carbocycles. The number of rotatable bonds is 12. The number of carboxylic acids is 2. The highest BCUT2D eigenvalue weighted by molar-refractivity contribution is 8.00. The van der Waals surface area contributed by atoms with Crippen molar-refractivity contribution in [3.05, 3.63) is 45.4 Å². The third-order valence-corrected chi connectivity index (χ3v) is 11.1. The molecule has 0 bridgehead atoms. The summed E-state index contributed by atoms with van der Waals surface area (Å²) >= 11 is 8.44. The van der Waals surface area contributed by atoms with Crippen LogP contribution >= 0.6 is 34.7 Å². The van der Waals surface area contributed by atoms with Gasteiger partial charge in [0.2, 0.25) is 11.5 Å². The molecule has 3 aliphatic heterocycles. The minimum absolute atomic E-state index is 0.00831. The Kier molecular flexibility index (Phi) is 9.61. The van der Waals surface area contributed by atoms with Crippen LogP contribution in [0.4, 0.5) is 5.13 Å². The van der Waals surface area contributed by atoms with Crippen LogP contribution in [0, 0.1) is 0 Å². The topological polar surface area (TPSA) is 267 Å². The van der Waals surface area contributed by atoms with Crippen molar-refractivity contribution in [1.29, 1.82) is 0 Å². The number of benzene rings is 1. The highest BCUT2D eigenvalue weighted by Crippen LogP contribution is 2.42. The minimum atomic E-state index is -1.80. The number of nitrogens with one attached hydrogen (secondary N) is 1. The first-order chi connectivity index (χ1) is 24.1. The van der Waals surface area contributed by atoms with Crippen molar-refractivity contribution in [2.24, 2.45) is 5.16 Å². The van der Waals surface area contributed by atoms with E-state index in [1.54, 1.807) is 0 Å². The normalized spacial score (nSPS) is 20.2. The molecule has 0 radical (unpaired) electrons. The van der Waals surface area contributed by atoms with E-state index >= 15 is 0 Å². The lowest BCUT2D eigenvalue weighted by Gasteiger charge is -2.51. The number of halogens is 1. The summed E-state index contributed by atoms with van der Waals surface area (Å²) in [4.78, 5) is 61.3. The first-order valence-electron chi connectivity index (χ1n) is 15.4. The Balaban J connectivity index is 1.21. The number of aliphatic carboxylic acids is 2. The zero-order valence-corrected chi connectivity index (χ0v) is 29.4. The van der Waals surface area contributed by atoms with Crippen molar-refractivity contribution in [2.75, 3.05) is 31.1 Å². The quantitative estimate of drug-likeness (QED) is 0.0557. The van der Waals surface area contributed by atoms with Gasteiger partial charge in [-0.25, -0.2) is 9.78 Å². The molecule has 0 aliphatic carbocycles. The highest BCUT2D eigenvalue weighted by Gasteiger charge is 2.54. The SMILES string of the molecule is CC(C)(O/N=C(\C(=O)N[C@@H]1C(=O)N2C(C(=O)[O-])=C(C[N+]3(Cc4nnc(-c5ccc(O)c(O)c5Cl)o4)CCCC3)CS[C@H]12)c1csc(N)n1)C(=O)O. The van der Waals surface area contributed by atoms with Gasteiger partial charge < -0.3 is 50.0 Å². The maximum Gasteiger partial charge on any atom is 0.350 e. The number of phenolic OH excluding ortho intramolecular Hbond substituents is 2. The monoisotopic (exact) mass is 762 g/mol. The molecule has 21 heteroatoms. The van der Waals surface area contributed by atoms with Gasteiger partial charge in [-0.05, 0) is 26.0 Å². The number of phenols is 2. The number of thiazole rings is 1. The van der Waals surface area contributed by atoms with Crippen LogP contribution < -0.4 is 16.2 Å². The Hall–Kier alpha value is -4.92. The number of carbonyl (C=O) groups excluding carboxylic acids is 3. The zero-order chi connectivity index (χ0) is 36.8. The number of thioether (sulfide) groups is 1. The van der Waals surface area contributed by atoms with Crippen molar-refractivity contribution < 1.29 is 53.3 Å². The summed E-state index contributed by atoms with van der Waals surface area (Å²) in [5.41, 5.74) is 3.91. The lowest BCUT2D eigenvalue weighted by molar-refractivity contribution is -0.926. The standard InChI is InChI=1S/C30H31ClN8O10S2/c1-30(2,28(46)47)49-37-19(15-12-51-29(32)33-15)23(42)34-20-25(43)38-21(27(44)45)13(11-50-26(20)38)9-39(7-3-4-8-39)10-17-35-36-24(48-17)14-5-6-16(40)22(41)18(14)31/h5-6,12,20,26H,3-4,7-11H2,1-2H3,(H6-,32,33,34,36,37,40,41,42,44,45,46,47)/t20-,26-/m1/s1. The van der Waals surface area contributed by atoms with E-state index in [-0.39, 0.29) is 57.7 Å². The second kappa shape index (κ2) is 13.7. The number of quaternary nitrogens is 1. The van der Waals surface area contributed by atoms with E-state index in [0.29, 0.717) is 23.1 Å². The van der Waals surface area contributed by atoms with E-state index < -0.39 is 58.0 Å². The number of nitrogen functional groups attached to an aromatic ring is 1. The van der Waals surface area contributed by atoms with Gasteiger partial charge in [0.05, 0.1) is 35.3 Å². The molecule has 0 saturated carbocycles. The zero-order valence-electron chi connectivity index (χ0n) is 27.0. The molecule has 3 aliphatic rings. The summed E-state index contributed by atoms with van der Waals surface area (Å²) in [6, 6.07) is 1.52. The Morgan fingerprint density at radius 3 is 2.61 bits per heavy atom. The number of hydrogen-bond donors (Lipinski definition) is 5. The molecule has 6 rings (SSSR count). The van der Waals surface area contributed by atoms with Crippen LogP contribution in [0.3, 0.4) is 0 Å². The van der Waals surface area contributed by atoms with Crippen molar-refractivity contribution in [1.82, 2.24) is 25.4 Å². The largest absolute Gasteiger partial charge is 0.543 e. The van der Waals surface area contributed by atoms with E-state index in [2.05, 4.69) is 25.7 Å². The molecule has 2 fully saturated rings. The molecule has 0 spiro atoms. The average molecular weight is 763 g/mol. The fraction of sp³-hybridized carbons (Fsp3) is 0.400. The molecule has 2 amide bonds. The summed E-state index contributed by atoms with van der Waals surface area (Å²) in [6.07, 6.45) is 1.70. The van der Waals surface area contributed by atoms with Crippen LogP contribution in [0.5, 0.6) is 11.5 Å². The first kappa shape index (κ1) is 35.9. The van der Waals surface area contributed by atoms with Crippen molar-refractivity contribution in [2.45, 2.75) is 50.3 Å². The van der Waals surface area contributed by atoms with Crippen molar-refractivity contribution >= 4 is 69.3 Å². The van der Waals surface area contributed by atoms with Gasteiger partial charge in [0.25, 0.3) is 17.7 Å². The predicted molar refractivity (Wildman–Crippen MR) is 179 cm³/mol. The number of anilines is 1. The fourth-order valence-corrected chi connectivity index (χ4v) is 8.14. The summed E-state index contributed by atoms with van der Waals surface area (Å²) < 4.78 is 6.25. The van der Waals surface area contributed by atoms with Crippen molar-refractivity contribution in [3.63, 3.8) is 0 Å². The number of carbonyl (C=O) groups is 4. The van der Waals surface area contributed by atoms with Gasteiger partial charge in [0.1, 0.15) is 23.7 Å². The van der Waals surface area contributed by atoms with Crippen LogP contribution in [0.15, 0.2) is 38.4 Å². The molecule has 2 atom stereocenters. The molecule has 51 heavy (non-hydrogen) atoms. The van der Waals surface area contributed by atoms with Gasteiger partial charge in [-0.3, -0.25) is 14.5 Å². The summed E-state index contributed by atoms with van der Waals surface area (Å²) in [5.74, 6) is -4.94. The van der Waals surface area contributed by atoms with Crippen LogP contribution in [-0.4, -0.2) is 112 Å². The van der Waals surface area contributed by atoms with Crippen LogP contribution in [0.1, 0.15) is 38.3 Å². The average Bonchev–Trinajstić information content (AvgIpc) is 3.84. The lowest BCUT2D eigenvalue weighted by atomic mass is 10.0. The smallest absolute Gasteiger partial charge is 0.350 e. The van der Waals surface area contributed by atoms with E-state index in [9.17, 15) is 39.6 Å². The Morgan fingerprint density at radius 1 is 1.24 bits per heavy atom. The molecule has 270 valence electrons. The van der Waals surface area contributed by atoms with E-state index in [4.69, 9.17) is 26.6 Å². The van der Waals surface area contributed by atoms with Crippen LogP contribution in [0.25, 0.3) is 11.5 Å². The molecule has 5 heterocycles. The van der Waals surface area contributed by atoms with Gasteiger partial charge in [0.15, 0.2) is 28.9 Å². The highest BCUT2D eigenvalue weighted by atomic mass is 35.5. The molecule has 0 unspecified atom stereocenters. The van der Waals surface area contributed by atoms with Gasteiger partial charge in [-0.2, -0.15) is 0 Å². The van der Waals surface area contributed by atoms with Gasteiger partial charge in [0, 0.05) is 29.5 Å². The van der Waals surface area contributed by atoms with E-state index in [1.165, 1.54) is 43.1 Å². The number of oxime groups is 1. The number of aromatic hydroxyl groups is 2. The summed E-state index contributed by atoms with van der Waals surface area (Å²) in [6.45, 7) is 4.26. The maximum absolute atomic E-state index is 13.5. The summed E-state index contributed by atoms with van der Waals surface area (Å²) in [5, 5.41) is 56.8. The molecule has 6 N–H and O–H groups in total. The number of β-lactam (4-membered cyclic amide) rings is 1. The second-order valence-electron chi connectivity index (χ2n) is 12.6. The number of aromatic nitrogens is 3. The minimum Gasteiger partial charge on any atom is -0.543 e. The number of hydrogen-bond acceptors (Lipinski definition) is 16. The third kappa shape index (κ3) is 6.90. The Morgan fingerprint density at radius 2 is 1.96 bits per heavy atom. The first-order valence-corrected chi connectivity index (χ1v) is 17.7. The predicted octanol–water partition coefficient (Wildman–Crippen LogP) is 0.639. The van der Waals surface area contributed by atoms with E-state index in [1.807, 2.05) is 0 Å². The number of likely N-dealkylation sites (tertiary alicyclic amines) is 1. The van der Waals surface area contributed by atoms with Crippen LogP contribution in [0.2, 0.25) is 5.02 Å². The molecule has 3 aromatic rings. The number of nitrogens with two attached hydrogens (primary N) is 1. The molecular formula is C30H31ClN8O10S2. The Bertz CT molecular complexity index is 1990.